The Hall–Kier alpha value is -2.11. The van der Waals surface area contributed by atoms with Crippen LogP contribution in [-0.2, 0) is 6.42 Å². The first-order valence-corrected chi connectivity index (χ1v) is 8.50. The van der Waals surface area contributed by atoms with E-state index >= 15 is 0 Å². The quantitative estimate of drug-likeness (QED) is 0.339. The molecule has 2 aromatic rings. The minimum absolute atomic E-state index is 0.232. The molecule has 0 aromatic heterocycles. The average molecular weight is 381 g/mol. The number of nitro groups is 1. The minimum atomic E-state index is -2.31. The number of nitrogens with zero attached hydrogens (tertiary/aromatic N) is 1. The van der Waals surface area contributed by atoms with Crippen LogP contribution in [0.4, 0.5) is 0 Å². The number of rotatable bonds is 7. The fourth-order valence-electron chi connectivity index (χ4n) is 2.36. The maximum Gasteiger partial charge on any atom is 0.390 e. The van der Waals surface area contributed by atoms with Gasteiger partial charge in [0.25, 0.3) is 5.91 Å². The Bertz CT molecular complexity index is 734. The van der Waals surface area contributed by atoms with Crippen molar-refractivity contribution >= 4 is 29.1 Å². The van der Waals surface area contributed by atoms with Gasteiger partial charge in [-0.3, -0.25) is 14.9 Å². The summed E-state index contributed by atoms with van der Waals surface area (Å²) in [6, 6.07) is 15.1. The molecule has 1 N–H and O–H groups in total. The summed E-state index contributed by atoms with van der Waals surface area (Å²) in [5.41, 5.74) is 2.49. The van der Waals surface area contributed by atoms with E-state index in [0.717, 1.165) is 11.1 Å². The molecule has 7 heteroatoms. The summed E-state index contributed by atoms with van der Waals surface area (Å²) in [6.07, 6.45) is 0.727. The highest BCUT2D eigenvalue weighted by atomic mass is 35.5. The van der Waals surface area contributed by atoms with E-state index in [0.29, 0.717) is 12.0 Å². The van der Waals surface area contributed by atoms with Crippen LogP contribution in [0, 0.1) is 17.0 Å². The molecule has 0 bridgehead atoms. The molecule has 0 aliphatic carbocycles. The summed E-state index contributed by atoms with van der Waals surface area (Å²) < 4.78 is -2.31. The van der Waals surface area contributed by atoms with Crippen LogP contribution in [0.1, 0.15) is 27.9 Å². The predicted octanol–water partition coefficient (Wildman–Crippen LogP) is 4.13. The molecule has 0 fully saturated rings. The topological polar surface area (TPSA) is 72.2 Å². The predicted molar refractivity (Wildman–Crippen MR) is 98.6 cm³/mol. The molecular formula is C18H18Cl2N2O3. The third-order valence-electron chi connectivity index (χ3n) is 3.85. The van der Waals surface area contributed by atoms with Gasteiger partial charge in [-0.2, -0.15) is 0 Å². The van der Waals surface area contributed by atoms with E-state index in [1.807, 2.05) is 31.2 Å². The van der Waals surface area contributed by atoms with Crippen LogP contribution in [0.2, 0.25) is 0 Å². The Balaban J connectivity index is 2.14. The molecule has 5 nitrogen and oxygen atoms in total. The summed E-state index contributed by atoms with van der Waals surface area (Å²) in [7, 11) is 0. The van der Waals surface area contributed by atoms with Crippen LogP contribution in [0.5, 0.6) is 0 Å². The molecule has 0 saturated heterocycles. The van der Waals surface area contributed by atoms with Crippen molar-refractivity contribution in [3.05, 3.63) is 81.4 Å². The van der Waals surface area contributed by atoms with Gasteiger partial charge in [0.2, 0.25) is 0 Å². The third kappa shape index (κ3) is 5.18. The van der Waals surface area contributed by atoms with Crippen molar-refractivity contribution in [1.82, 2.24) is 5.32 Å². The highest BCUT2D eigenvalue weighted by Gasteiger charge is 2.47. The van der Waals surface area contributed by atoms with Crippen LogP contribution < -0.4 is 5.32 Å². The lowest BCUT2D eigenvalue weighted by Gasteiger charge is -2.24. The normalized spacial score (nSPS) is 12.4. The number of aryl methyl sites for hydroxylation is 2. The maximum atomic E-state index is 12.3. The van der Waals surface area contributed by atoms with Gasteiger partial charge in [0.1, 0.15) is 6.04 Å². The fraction of sp³-hybridized carbons (Fsp3) is 0.278. The van der Waals surface area contributed by atoms with Gasteiger partial charge in [-0.1, -0.05) is 48.0 Å². The Kier molecular flexibility index (Phi) is 6.39. The van der Waals surface area contributed by atoms with E-state index in [-0.39, 0.29) is 6.42 Å². The van der Waals surface area contributed by atoms with E-state index in [1.165, 1.54) is 0 Å². The second-order valence-corrected chi connectivity index (χ2v) is 7.11. The number of carbonyl (C=O) groups is 1. The van der Waals surface area contributed by atoms with Crippen LogP contribution in [0.3, 0.4) is 0 Å². The summed E-state index contributed by atoms with van der Waals surface area (Å²) in [6.45, 7) is 1.97. The fourth-order valence-corrected chi connectivity index (χ4v) is 2.68. The molecule has 0 spiro atoms. The number of amides is 1. The molecule has 0 saturated carbocycles. The first kappa shape index (κ1) is 19.2. The smallest absolute Gasteiger partial charge is 0.339 e. The number of carbonyl (C=O) groups excluding carboxylic acids is 1. The average Bonchev–Trinajstić information content (AvgIpc) is 2.60. The third-order valence-corrected chi connectivity index (χ3v) is 4.65. The highest BCUT2D eigenvalue weighted by Crippen LogP contribution is 2.29. The van der Waals surface area contributed by atoms with Crippen LogP contribution in [0.15, 0.2) is 54.6 Å². The van der Waals surface area contributed by atoms with Crippen LogP contribution in [-0.4, -0.2) is 21.3 Å². The maximum absolute atomic E-state index is 12.3. The van der Waals surface area contributed by atoms with Crippen LogP contribution >= 0.6 is 23.2 Å². The molecule has 0 heterocycles. The SMILES string of the molecule is Cc1ccc(CCC(NC(=O)c2ccccc2)C(Cl)(Cl)[N+](=O)[O-])cc1. The standard InChI is InChI=1S/C18H18Cl2N2O3/c1-13-7-9-14(10-8-13)11-12-16(18(19,20)22(24)25)21-17(23)15-5-3-2-4-6-15/h2-10,16H,11-12H2,1H3,(H,21,23). The molecule has 1 unspecified atom stereocenters. The zero-order valence-corrected chi connectivity index (χ0v) is 15.1. The molecule has 2 aromatic carbocycles. The number of benzene rings is 2. The van der Waals surface area contributed by atoms with Crippen LogP contribution in [0.25, 0.3) is 0 Å². The van der Waals surface area contributed by atoms with Crippen molar-refractivity contribution in [3.63, 3.8) is 0 Å². The molecule has 0 aliphatic heterocycles. The first-order valence-electron chi connectivity index (χ1n) is 7.74. The monoisotopic (exact) mass is 380 g/mol. The molecule has 1 atom stereocenters. The Morgan fingerprint density at radius 1 is 1.16 bits per heavy atom. The Labute approximate surface area is 156 Å². The van der Waals surface area contributed by atoms with Gasteiger partial charge in [0.05, 0.1) is 4.92 Å². The molecule has 2 rings (SSSR count). The first-order chi connectivity index (χ1) is 11.8. The van der Waals surface area contributed by atoms with Gasteiger partial charge in [0, 0.05) is 5.56 Å². The van der Waals surface area contributed by atoms with Crippen molar-refractivity contribution in [2.75, 3.05) is 0 Å². The summed E-state index contributed by atoms with van der Waals surface area (Å²) in [5.74, 6) is -0.456. The van der Waals surface area contributed by atoms with Gasteiger partial charge >= 0.3 is 4.46 Å². The highest BCUT2D eigenvalue weighted by molar-refractivity contribution is 6.47. The summed E-state index contributed by atoms with van der Waals surface area (Å²) >= 11 is 11.8. The minimum Gasteiger partial charge on any atom is -0.339 e. The van der Waals surface area contributed by atoms with Gasteiger partial charge in [-0.05, 0) is 60.7 Å². The Morgan fingerprint density at radius 3 is 2.32 bits per heavy atom. The van der Waals surface area contributed by atoms with Crippen molar-refractivity contribution < 1.29 is 9.72 Å². The largest absolute Gasteiger partial charge is 0.390 e. The van der Waals surface area contributed by atoms with E-state index in [9.17, 15) is 14.9 Å². The Morgan fingerprint density at radius 2 is 1.76 bits per heavy atom. The second-order valence-electron chi connectivity index (χ2n) is 5.76. The lowest BCUT2D eigenvalue weighted by Crippen LogP contribution is -2.50. The molecule has 25 heavy (non-hydrogen) atoms. The molecule has 0 aliphatic rings. The van der Waals surface area contributed by atoms with Gasteiger partial charge < -0.3 is 5.32 Å². The summed E-state index contributed by atoms with van der Waals surface area (Å²) in [4.78, 5) is 22.8. The van der Waals surface area contributed by atoms with Crippen molar-refractivity contribution in [2.45, 2.75) is 30.3 Å². The molecule has 0 radical (unpaired) electrons. The van der Waals surface area contributed by atoms with Gasteiger partial charge in [-0.25, -0.2) is 0 Å². The van der Waals surface area contributed by atoms with Gasteiger partial charge in [0.15, 0.2) is 0 Å². The van der Waals surface area contributed by atoms with Gasteiger partial charge in [-0.15, -0.1) is 0 Å². The molecule has 1 amide bonds. The zero-order chi connectivity index (χ0) is 18.4. The number of hydrogen-bond donors (Lipinski definition) is 1. The lowest BCUT2D eigenvalue weighted by atomic mass is 10.0. The number of halogens is 2. The van der Waals surface area contributed by atoms with Crippen molar-refractivity contribution in [3.8, 4) is 0 Å². The van der Waals surface area contributed by atoms with E-state index in [1.54, 1.807) is 30.3 Å². The molecule has 132 valence electrons. The van der Waals surface area contributed by atoms with Crippen molar-refractivity contribution in [1.29, 1.82) is 0 Å². The number of nitrogens with one attached hydrogen (secondary N) is 1. The van der Waals surface area contributed by atoms with Crippen molar-refractivity contribution in [2.24, 2.45) is 0 Å². The number of hydrogen-bond acceptors (Lipinski definition) is 3. The second kappa shape index (κ2) is 8.32. The number of alkyl halides is 2. The van der Waals surface area contributed by atoms with E-state index in [4.69, 9.17) is 23.2 Å². The molecular weight excluding hydrogens is 363 g/mol. The van der Waals surface area contributed by atoms with E-state index in [2.05, 4.69) is 5.32 Å². The summed E-state index contributed by atoms with van der Waals surface area (Å²) in [5, 5.41) is 13.8. The zero-order valence-electron chi connectivity index (χ0n) is 13.6. The lowest BCUT2D eigenvalue weighted by molar-refractivity contribution is -0.520. The van der Waals surface area contributed by atoms with E-state index < -0.39 is 21.3 Å².